The smallest absolute Gasteiger partial charge is 0.234 e. The number of hydrogen-bond acceptors (Lipinski definition) is 3. The number of thioether (sulfide) groups is 1. The number of aliphatic hydroxyl groups excluding tert-OH is 1. The topological polar surface area (TPSA) is 49.3 Å². The molecule has 0 unspecified atom stereocenters. The lowest BCUT2D eigenvalue weighted by Crippen LogP contribution is -2.15. The van der Waals surface area contributed by atoms with Gasteiger partial charge in [0.1, 0.15) is 5.82 Å². The molecule has 0 heterocycles. The van der Waals surface area contributed by atoms with E-state index in [2.05, 4.69) is 5.32 Å². The molecule has 2 N–H and O–H groups in total. The fraction of sp³-hybridized carbons (Fsp3) is 0.133. The van der Waals surface area contributed by atoms with Gasteiger partial charge in [0, 0.05) is 16.1 Å². The van der Waals surface area contributed by atoms with Gasteiger partial charge in [0.2, 0.25) is 5.91 Å². The molecule has 0 aliphatic rings. The summed E-state index contributed by atoms with van der Waals surface area (Å²) in [5, 5.41) is 11.9. The first-order chi connectivity index (χ1) is 9.70. The van der Waals surface area contributed by atoms with Gasteiger partial charge < -0.3 is 10.4 Å². The average Bonchev–Trinajstić information content (AvgIpc) is 2.47. The number of amides is 1. The molecule has 0 bridgehead atoms. The van der Waals surface area contributed by atoms with Crippen molar-refractivity contribution >= 4 is 23.4 Å². The number of carbonyl (C=O) groups excluding carboxylic acids is 1. The molecule has 0 saturated carbocycles. The molecule has 0 aliphatic carbocycles. The molecule has 0 radical (unpaired) electrons. The molecule has 0 spiro atoms. The lowest BCUT2D eigenvalue weighted by molar-refractivity contribution is -0.113. The Bertz CT molecular complexity index is 604. The van der Waals surface area contributed by atoms with E-state index in [1.54, 1.807) is 42.5 Å². The van der Waals surface area contributed by atoms with Gasteiger partial charge in [0.05, 0.1) is 12.4 Å². The number of nitrogens with one attached hydrogen (secondary N) is 1. The van der Waals surface area contributed by atoms with E-state index in [-0.39, 0.29) is 24.1 Å². The minimum atomic E-state index is -0.332. The summed E-state index contributed by atoms with van der Waals surface area (Å²) in [5.74, 6) is -0.457. The van der Waals surface area contributed by atoms with E-state index in [0.29, 0.717) is 16.1 Å². The first-order valence-corrected chi connectivity index (χ1v) is 7.05. The van der Waals surface area contributed by atoms with Crippen molar-refractivity contribution in [2.24, 2.45) is 0 Å². The quantitative estimate of drug-likeness (QED) is 0.832. The standard InChI is InChI=1S/C15H14FNO2S/c16-12-6-2-4-8-14(12)20-10-15(19)17-13-7-3-1-5-11(13)9-18/h1-8,18H,9-10H2,(H,17,19). The molecule has 0 aromatic heterocycles. The van der Waals surface area contributed by atoms with Crippen molar-refractivity contribution in [3.8, 4) is 0 Å². The maximum Gasteiger partial charge on any atom is 0.234 e. The number of carbonyl (C=O) groups is 1. The van der Waals surface area contributed by atoms with Crippen LogP contribution in [-0.2, 0) is 11.4 Å². The van der Waals surface area contributed by atoms with Crippen LogP contribution in [0, 0.1) is 5.82 Å². The molecule has 0 fully saturated rings. The highest BCUT2D eigenvalue weighted by atomic mass is 32.2. The number of rotatable bonds is 5. The van der Waals surface area contributed by atoms with Crippen molar-refractivity contribution in [2.75, 3.05) is 11.1 Å². The van der Waals surface area contributed by atoms with Crippen LogP contribution in [0.4, 0.5) is 10.1 Å². The fourth-order valence-electron chi connectivity index (χ4n) is 1.67. The van der Waals surface area contributed by atoms with Crippen LogP contribution in [0.2, 0.25) is 0 Å². The number of hydrogen-bond donors (Lipinski definition) is 2. The average molecular weight is 291 g/mol. The largest absolute Gasteiger partial charge is 0.392 e. The summed E-state index contributed by atoms with van der Waals surface area (Å²) >= 11 is 1.14. The van der Waals surface area contributed by atoms with Gasteiger partial charge in [-0.1, -0.05) is 30.3 Å². The highest BCUT2D eigenvalue weighted by Gasteiger charge is 2.08. The van der Waals surface area contributed by atoms with Crippen LogP contribution < -0.4 is 5.32 Å². The third-order valence-electron chi connectivity index (χ3n) is 2.66. The van der Waals surface area contributed by atoms with Crippen molar-refractivity contribution in [1.82, 2.24) is 0 Å². The molecule has 0 saturated heterocycles. The molecule has 2 rings (SSSR count). The molecule has 0 aliphatic heterocycles. The Morgan fingerprint density at radius 2 is 1.85 bits per heavy atom. The van der Waals surface area contributed by atoms with Crippen LogP contribution in [-0.4, -0.2) is 16.8 Å². The summed E-state index contributed by atoms with van der Waals surface area (Å²) in [7, 11) is 0. The van der Waals surface area contributed by atoms with E-state index in [9.17, 15) is 9.18 Å². The van der Waals surface area contributed by atoms with E-state index in [1.165, 1.54) is 6.07 Å². The van der Waals surface area contributed by atoms with Crippen LogP contribution >= 0.6 is 11.8 Å². The zero-order chi connectivity index (χ0) is 14.4. The van der Waals surface area contributed by atoms with Crippen molar-refractivity contribution in [1.29, 1.82) is 0 Å². The van der Waals surface area contributed by atoms with Gasteiger partial charge in [0.15, 0.2) is 0 Å². The Hall–Kier alpha value is -1.85. The zero-order valence-corrected chi connectivity index (χ0v) is 11.5. The number of para-hydroxylation sites is 1. The molecular weight excluding hydrogens is 277 g/mol. The third kappa shape index (κ3) is 3.82. The summed E-state index contributed by atoms with van der Waals surface area (Å²) in [6.45, 7) is -0.142. The normalized spacial score (nSPS) is 10.3. The predicted molar refractivity (Wildman–Crippen MR) is 78.1 cm³/mol. The molecule has 0 atom stereocenters. The summed E-state index contributed by atoms with van der Waals surface area (Å²) in [6.07, 6.45) is 0. The first-order valence-electron chi connectivity index (χ1n) is 6.06. The number of aliphatic hydroxyl groups is 1. The Labute approximate surface area is 120 Å². The number of anilines is 1. The Morgan fingerprint density at radius 1 is 1.15 bits per heavy atom. The van der Waals surface area contributed by atoms with Gasteiger partial charge in [-0.15, -0.1) is 11.8 Å². The van der Waals surface area contributed by atoms with Crippen molar-refractivity contribution < 1.29 is 14.3 Å². The molecule has 104 valence electrons. The summed E-state index contributed by atoms with van der Waals surface area (Å²) in [5.41, 5.74) is 1.23. The lowest BCUT2D eigenvalue weighted by Gasteiger charge is -2.09. The molecule has 3 nitrogen and oxygen atoms in total. The molecular formula is C15H14FNO2S. The second-order valence-electron chi connectivity index (χ2n) is 4.08. The predicted octanol–water partition coefficient (Wildman–Crippen LogP) is 3.05. The third-order valence-corrected chi connectivity index (χ3v) is 3.71. The molecule has 5 heteroatoms. The van der Waals surface area contributed by atoms with Gasteiger partial charge in [-0.3, -0.25) is 4.79 Å². The van der Waals surface area contributed by atoms with Gasteiger partial charge in [-0.25, -0.2) is 4.39 Å². The second-order valence-corrected chi connectivity index (χ2v) is 5.10. The monoisotopic (exact) mass is 291 g/mol. The van der Waals surface area contributed by atoms with Crippen molar-refractivity contribution in [3.05, 3.63) is 59.9 Å². The second kappa shape index (κ2) is 7.07. The van der Waals surface area contributed by atoms with Gasteiger partial charge >= 0.3 is 0 Å². The number of halogens is 1. The van der Waals surface area contributed by atoms with Crippen LogP contribution in [0.3, 0.4) is 0 Å². The van der Waals surface area contributed by atoms with Gasteiger partial charge in [-0.05, 0) is 18.2 Å². The van der Waals surface area contributed by atoms with Crippen LogP contribution in [0.1, 0.15) is 5.56 Å². The molecule has 2 aromatic carbocycles. The fourth-order valence-corrected chi connectivity index (χ4v) is 2.41. The lowest BCUT2D eigenvalue weighted by atomic mass is 10.2. The van der Waals surface area contributed by atoms with Gasteiger partial charge in [-0.2, -0.15) is 0 Å². The minimum absolute atomic E-state index is 0.112. The molecule has 2 aromatic rings. The van der Waals surface area contributed by atoms with E-state index < -0.39 is 0 Å². The van der Waals surface area contributed by atoms with Crippen LogP contribution in [0.5, 0.6) is 0 Å². The maximum atomic E-state index is 13.4. The molecule has 20 heavy (non-hydrogen) atoms. The van der Waals surface area contributed by atoms with E-state index in [0.717, 1.165) is 11.8 Å². The van der Waals surface area contributed by atoms with E-state index in [4.69, 9.17) is 5.11 Å². The summed E-state index contributed by atoms with van der Waals surface area (Å²) in [4.78, 5) is 12.3. The van der Waals surface area contributed by atoms with Crippen molar-refractivity contribution in [2.45, 2.75) is 11.5 Å². The Balaban J connectivity index is 1.95. The molecule has 1 amide bonds. The summed E-state index contributed by atoms with van der Waals surface area (Å²) in [6, 6.07) is 13.3. The SMILES string of the molecule is O=C(CSc1ccccc1F)Nc1ccccc1CO. The Kier molecular flexibility index (Phi) is 5.15. The van der Waals surface area contributed by atoms with E-state index >= 15 is 0 Å². The van der Waals surface area contributed by atoms with E-state index in [1.807, 2.05) is 0 Å². The first kappa shape index (κ1) is 14.6. The Morgan fingerprint density at radius 3 is 2.60 bits per heavy atom. The van der Waals surface area contributed by atoms with Crippen LogP contribution in [0.15, 0.2) is 53.4 Å². The number of benzene rings is 2. The zero-order valence-electron chi connectivity index (χ0n) is 10.7. The van der Waals surface area contributed by atoms with Crippen LogP contribution in [0.25, 0.3) is 0 Å². The van der Waals surface area contributed by atoms with Crippen molar-refractivity contribution in [3.63, 3.8) is 0 Å². The minimum Gasteiger partial charge on any atom is -0.392 e. The highest BCUT2D eigenvalue weighted by molar-refractivity contribution is 8.00. The van der Waals surface area contributed by atoms with Gasteiger partial charge in [0.25, 0.3) is 0 Å². The summed E-state index contributed by atoms with van der Waals surface area (Å²) < 4.78 is 13.4. The highest BCUT2D eigenvalue weighted by Crippen LogP contribution is 2.22. The maximum absolute atomic E-state index is 13.4.